The van der Waals surface area contributed by atoms with Crippen molar-refractivity contribution in [3.63, 3.8) is 0 Å². The van der Waals surface area contributed by atoms with Gasteiger partial charge < -0.3 is 10.1 Å². The maximum absolute atomic E-state index is 13.5. The molecule has 21 heavy (non-hydrogen) atoms. The van der Waals surface area contributed by atoms with Crippen LogP contribution in [0.3, 0.4) is 0 Å². The molecule has 110 valence electrons. The predicted octanol–water partition coefficient (Wildman–Crippen LogP) is 5.14. The van der Waals surface area contributed by atoms with Crippen molar-refractivity contribution >= 4 is 31.9 Å². The van der Waals surface area contributed by atoms with Crippen LogP contribution in [-0.2, 0) is 0 Å². The van der Waals surface area contributed by atoms with Crippen molar-refractivity contribution in [2.75, 3.05) is 7.05 Å². The van der Waals surface area contributed by atoms with Gasteiger partial charge in [0.25, 0.3) is 0 Å². The number of fused-ring (bicyclic) bond motifs is 1. The van der Waals surface area contributed by atoms with Crippen molar-refractivity contribution in [3.05, 3.63) is 62.3 Å². The summed E-state index contributed by atoms with van der Waals surface area (Å²) in [4.78, 5) is 0. The number of ether oxygens (including phenoxy) is 1. The molecule has 2 aromatic rings. The minimum Gasteiger partial charge on any atom is -0.485 e. The van der Waals surface area contributed by atoms with Gasteiger partial charge in [0.1, 0.15) is 17.7 Å². The number of nitrogens with one attached hydrogen (secondary N) is 1. The largest absolute Gasteiger partial charge is 0.485 e. The molecular formula is C16H14Br2FNO. The Morgan fingerprint density at radius 1 is 1.14 bits per heavy atom. The molecular weight excluding hydrogens is 401 g/mol. The quantitative estimate of drug-likeness (QED) is 0.734. The highest BCUT2D eigenvalue weighted by Gasteiger charge is 2.29. The maximum Gasteiger partial charge on any atom is 0.127 e. The second-order valence-electron chi connectivity index (χ2n) is 5.03. The third-order valence-corrected chi connectivity index (χ3v) is 4.94. The second-order valence-corrected chi connectivity index (χ2v) is 6.80. The van der Waals surface area contributed by atoms with E-state index in [1.165, 1.54) is 12.1 Å². The van der Waals surface area contributed by atoms with E-state index in [0.717, 1.165) is 32.2 Å². The van der Waals surface area contributed by atoms with Crippen LogP contribution in [0.2, 0.25) is 0 Å². The lowest BCUT2D eigenvalue weighted by Crippen LogP contribution is -2.27. The third-order valence-electron chi connectivity index (χ3n) is 3.72. The van der Waals surface area contributed by atoms with Crippen LogP contribution in [0.5, 0.6) is 5.75 Å². The van der Waals surface area contributed by atoms with Crippen LogP contribution in [0.25, 0.3) is 0 Å². The lowest BCUT2D eigenvalue weighted by atomic mass is 9.93. The molecule has 2 unspecified atom stereocenters. The minimum atomic E-state index is -0.251. The molecule has 0 radical (unpaired) electrons. The molecule has 0 bridgehead atoms. The molecule has 1 N–H and O–H groups in total. The summed E-state index contributed by atoms with van der Waals surface area (Å²) in [5, 5.41) is 3.31. The molecule has 5 heteroatoms. The van der Waals surface area contributed by atoms with E-state index in [9.17, 15) is 4.39 Å². The monoisotopic (exact) mass is 413 g/mol. The zero-order chi connectivity index (χ0) is 15.0. The van der Waals surface area contributed by atoms with Crippen molar-refractivity contribution < 1.29 is 9.13 Å². The normalized spacial score (nSPS) is 20.8. The molecule has 0 amide bonds. The molecule has 0 fully saturated rings. The zero-order valence-electron chi connectivity index (χ0n) is 11.4. The number of halogens is 3. The summed E-state index contributed by atoms with van der Waals surface area (Å²) in [7, 11) is 1.93. The first-order valence-corrected chi connectivity index (χ1v) is 8.25. The molecule has 2 nitrogen and oxygen atoms in total. The average Bonchev–Trinajstić information content (AvgIpc) is 2.48. The molecule has 1 aliphatic rings. The zero-order valence-corrected chi connectivity index (χ0v) is 14.5. The van der Waals surface area contributed by atoms with Crippen LogP contribution in [0.1, 0.15) is 29.7 Å². The molecule has 2 atom stereocenters. The summed E-state index contributed by atoms with van der Waals surface area (Å²) in [5.74, 6) is 0.587. The third kappa shape index (κ3) is 3.00. The van der Waals surface area contributed by atoms with Gasteiger partial charge in [-0.25, -0.2) is 4.39 Å². The van der Waals surface area contributed by atoms with E-state index in [0.29, 0.717) is 0 Å². The fourth-order valence-electron chi connectivity index (χ4n) is 2.67. The standard InChI is InChI=1S/C16H14Br2FNO/c1-20-14-8-16(11-7-10(19)3-4-13(11)18)21-15-5-2-9(17)6-12(14)15/h2-7,14,16,20H,8H2,1H3. The van der Waals surface area contributed by atoms with Gasteiger partial charge in [-0.1, -0.05) is 31.9 Å². The van der Waals surface area contributed by atoms with Gasteiger partial charge in [-0.2, -0.15) is 0 Å². The molecule has 0 aliphatic carbocycles. The summed E-state index contributed by atoms with van der Waals surface area (Å²) >= 11 is 6.97. The topological polar surface area (TPSA) is 21.3 Å². The van der Waals surface area contributed by atoms with Crippen molar-refractivity contribution in [3.8, 4) is 5.75 Å². The molecule has 3 rings (SSSR count). The van der Waals surface area contributed by atoms with Gasteiger partial charge in [0.05, 0.1) is 0 Å². The van der Waals surface area contributed by atoms with E-state index in [1.807, 2.05) is 19.2 Å². The molecule has 2 aromatic carbocycles. The van der Waals surface area contributed by atoms with Gasteiger partial charge in [-0.05, 0) is 43.4 Å². The Labute approximate surface area is 140 Å². The van der Waals surface area contributed by atoms with Crippen molar-refractivity contribution in [2.24, 2.45) is 0 Å². The highest BCUT2D eigenvalue weighted by molar-refractivity contribution is 9.10. The van der Waals surface area contributed by atoms with Crippen LogP contribution in [-0.4, -0.2) is 7.05 Å². The highest BCUT2D eigenvalue weighted by Crippen LogP contribution is 2.43. The smallest absolute Gasteiger partial charge is 0.127 e. The number of rotatable bonds is 2. The molecule has 1 heterocycles. The lowest BCUT2D eigenvalue weighted by Gasteiger charge is -2.33. The van der Waals surface area contributed by atoms with Gasteiger partial charge in [0.15, 0.2) is 0 Å². The highest BCUT2D eigenvalue weighted by atomic mass is 79.9. The van der Waals surface area contributed by atoms with Crippen molar-refractivity contribution in [1.29, 1.82) is 0 Å². The first kappa shape index (κ1) is 15.0. The fourth-order valence-corrected chi connectivity index (χ4v) is 3.55. The molecule has 0 aromatic heterocycles. The Bertz CT molecular complexity index is 677. The molecule has 0 saturated carbocycles. The minimum absolute atomic E-state index is 0.173. The van der Waals surface area contributed by atoms with Gasteiger partial charge in [0.2, 0.25) is 0 Å². The SMILES string of the molecule is CNC1CC(c2cc(F)ccc2Br)Oc2ccc(Br)cc21. The molecule has 0 spiro atoms. The van der Waals surface area contributed by atoms with Crippen LogP contribution in [0.4, 0.5) is 4.39 Å². The van der Waals surface area contributed by atoms with Gasteiger partial charge in [-0.15, -0.1) is 0 Å². The predicted molar refractivity (Wildman–Crippen MR) is 88.0 cm³/mol. The summed E-state index contributed by atoms with van der Waals surface area (Å²) in [6, 6.07) is 10.8. The first-order valence-electron chi connectivity index (χ1n) is 6.67. The molecule has 1 aliphatic heterocycles. The Morgan fingerprint density at radius 3 is 2.71 bits per heavy atom. The Hall–Kier alpha value is -0.910. The van der Waals surface area contributed by atoms with E-state index >= 15 is 0 Å². The van der Waals surface area contributed by atoms with Crippen molar-refractivity contribution in [2.45, 2.75) is 18.6 Å². The number of benzene rings is 2. The first-order chi connectivity index (χ1) is 10.1. The van der Waals surface area contributed by atoms with Crippen LogP contribution in [0.15, 0.2) is 45.3 Å². The van der Waals surface area contributed by atoms with Gasteiger partial charge in [-0.3, -0.25) is 0 Å². The van der Waals surface area contributed by atoms with Crippen LogP contribution >= 0.6 is 31.9 Å². The molecule has 0 saturated heterocycles. The van der Waals surface area contributed by atoms with Gasteiger partial charge >= 0.3 is 0 Å². The summed E-state index contributed by atoms with van der Waals surface area (Å²) in [6.45, 7) is 0. The number of hydrogen-bond donors (Lipinski definition) is 1. The van der Waals surface area contributed by atoms with Gasteiger partial charge in [0, 0.05) is 32.5 Å². The van der Waals surface area contributed by atoms with Crippen LogP contribution in [0, 0.1) is 5.82 Å². The van der Waals surface area contributed by atoms with E-state index in [4.69, 9.17) is 4.74 Å². The van der Waals surface area contributed by atoms with E-state index in [-0.39, 0.29) is 18.0 Å². The second kappa shape index (κ2) is 6.07. The summed E-state index contributed by atoms with van der Waals surface area (Å²) in [5.41, 5.74) is 1.96. The number of hydrogen-bond acceptors (Lipinski definition) is 2. The summed E-state index contributed by atoms with van der Waals surface area (Å²) in [6.07, 6.45) is 0.573. The maximum atomic E-state index is 13.5. The Morgan fingerprint density at radius 2 is 1.95 bits per heavy atom. The Balaban J connectivity index is 2.00. The summed E-state index contributed by atoms with van der Waals surface area (Å²) < 4.78 is 21.5. The Kier molecular flexibility index (Phi) is 4.33. The fraction of sp³-hybridized carbons (Fsp3) is 0.250. The van der Waals surface area contributed by atoms with E-state index in [1.54, 1.807) is 6.07 Å². The van der Waals surface area contributed by atoms with Crippen molar-refractivity contribution in [1.82, 2.24) is 5.32 Å². The van der Waals surface area contributed by atoms with E-state index in [2.05, 4.69) is 43.2 Å². The average molecular weight is 415 g/mol. The lowest BCUT2D eigenvalue weighted by molar-refractivity contribution is 0.153. The van der Waals surface area contributed by atoms with Crippen LogP contribution < -0.4 is 10.1 Å². The van der Waals surface area contributed by atoms with E-state index < -0.39 is 0 Å².